The molecule has 17 heavy (non-hydrogen) atoms. The number of nitrogens with one attached hydrogen (secondary N) is 1. The summed E-state index contributed by atoms with van der Waals surface area (Å²) in [5.74, 6) is 0.834. The lowest BCUT2D eigenvalue weighted by molar-refractivity contribution is 0.674. The van der Waals surface area contributed by atoms with Crippen LogP contribution < -0.4 is 5.32 Å². The second-order valence-electron chi connectivity index (χ2n) is 3.78. The number of halogens is 1. The van der Waals surface area contributed by atoms with E-state index in [9.17, 15) is 0 Å². The monoisotopic (exact) mass is 250 g/mol. The van der Waals surface area contributed by atoms with Gasteiger partial charge in [0.05, 0.1) is 5.02 Å². The molecule has 1 N–H and O–H groups in total. The van der Waals surface area contributed by atoms with Gasteiger partial charge in [-0.3, -0.25) is 4.57 Å². The first kappa shape index (κ1) is 12.1. The van der Waals surface area contributed by atoms with E-state index in [-0.39, 0.29) is 0 Å². The van der Waals surface area contributed by atoms with Crippen LogP contribution in [0.3, 0.4) is 0 Å². The minimum atomic E-state index is 0.692. The van der Waals surface area contributed by atoms with Crippen molar-refractivity contribution in [3.8, 4) is 5.82 Å². The average molecular weight is 251 g/mol. The predicted octanol–water partition coefficient (Wildman–Crippen LogP) is 2.42. The van der Waals surface area contributed by atoms with Crippen LogP contribution in [-0.2, 0) is 6.54 Å². The van der Waals surface area contributed by atoms with Crippen LogP contribution in [0.15, 0.2) is 31.0 Å². The van der Waals surface area contributed by atoms with E-state index in [1.807, 2.05) is 16.8 Å². The van der Waals surface area contributed by atoms with Gasteiger partial charge in [0.1, 0.15) is 12.1 Å². The molecular formula is C12H15ClN4. The number of nitrogens with zero attached hydrogens (tertiary/aromatic N) is 3. The van der Waals surface area contributed by atoms with Crippen LogP contribution in [0.25, 0.3) is 5.82 Å². The van der Waals surface area contributed by atoms with Crippen molar-refractivity contribution in [2.75, 3.05) is 6.54 Å². The zero-order valence-electron chi connectivity index (χ0n) is 9.73. The third-order valence-electron chi connectivity index (χ3n) is 2.43. The van der Waals surface area contributed by atoms with E-state index in [0.717, 1.165) is 30.9 Å². The van der Waals surface area contributed by atoms with Crippen molar-refractivity contribution in [1.82, 2.24) is 19.9 Å². The van der Waals surface area contributed by atoms with Crippen LogP contribution in [-0.4, -0.2) is 21.1 Å². The second kappa shape index (κ2) is 5.80. The van der Waals surface area contributed by atoms with Gasteiger partial charge in [0.2, 0.25) is 0 Å². The van der Waals surface area contributed by atoms with Gasteiger partial charge < -0.3 is 5.32 Å². The molecular weight excluding hydrogens is 236 g/mol. The molecule has 0 amide bonds. The minimum absolute atomic E-state index is 0.692. The Morgan fingerprint density at radius 3 is 3.06 bits per heavy atom. The first-order chi connectivity index (χ1) is 8.31. The van der Waals surface area contributed by atoms with Crippen LogP contribution in [0.4, 0.5) is 0 Å². The topological polar surface area (TPSA) is 42.7 Å². The highest BCUT2D eigenvalue weighted by atomic mass is 35.5. The Morgan fingerprint density at radius 2 is 2.35 bits per heavy atom. The molecule has 0 radical (unpaired) electrons. The van der Waals surface area contributed by atoms with E-state index in [4.69, 9.17) is 11.6 Å². The van der Waals surface area contributed by atoms with Gasteiger partial charge in [-0.05, 0) is 24.6 Å². The third kappa shape index (κ3) is 3.05. The molecule has 0 aliphatic carbocycles. The Hall–Kier alpha value is -1.39. The van der Waals surface area contributed by atoms with Gasteiger partial charge in [0.25, 0.3) is 0 Å². The van der Waals surface area contributed by atoms with Crippen molar-refractivity contribution in [3.63, 3.8) is 0 Å². The van der Waals surface area contributed by atoms with Gasteiger partial charge >= 0.3 is 0 Å². The molecule has 0 aromatic carbocycles. The summed E-state index contributed by atoms with van der Waals surface area (Å²) in [4.78, 5) is 8.27. The highest BCUT2D eigenvalue weighted by Gasteiger charge is 2.04. The standard InChI is InChI=1S/C12H15ClN4/c1-2-3-14-7-10-6-12(16-8-11(10)13)17-5-4-15-9-17/h4-6,8-9,14H,2-3,7H2,1H3. The molecule has 0 fully saturated rings. The largest absolute Gasteiger partial charge is 0.313 e. The third-order valence-corrected chi connectivity index (χ3v) is 2.77. The van der Waals surface area contributed by atoms with Crippen molar-refractivity contribution in [3.05, 3.63) is 41.6 Å². The maximum atomic E-state index is 6.11. The van der Waals surface area contributed by atoms with Gasteiger partial charge in [-0.15, -0.1) is 0 Å². The lowest BCUT2D eigenvalue weighted by Gasteiger charge is -2.08. The minimum Gasteiger partial charge on any atom is -0.313 e. The summed E-state index contributed by atoms with van der Waals surface area (Å²) in [5.41, 5.74) is 1.05. The molecule has 0 saturated carbocycles. The summed E-state index contributed by atoms with van der Waals surface area (Å²) < 4.78 is 1.86. The molecule has 0 unspecified atom stereocenters. The van der Waals surface area contributed by atoms with Gasteiger partial charge in [-0.25, -0.2) is 9.97 Å². The molecule has 2 aromatic rings. The zero-order valence-corrected chi connectivity index (χ0v) is 10.5. The van der Waals surface area contributed by atoms with Gasteiger partial charge in [0.15, 0.2) is 0 Å². The normalized spacial score (nSPS) is 10.7. The maximum Gasteiger partial charge on any atom is 0.138 e. The number of hydrogen-bond donors (Lipinski definition) is 1. The van der Waals surface area contributed by atoms with Gasteiger partial charge in [-0.1, -0.05) is 18.5 Å². The SMILES string of the molecule is CCCNCc1cc(-n2ccnc2)ncc1Cl. The lowest BCUT2D eigenvalue weighted by Crippen LogP contribution is -2.14. The quantitative estimate of drug-likeness (QED) is 0.829. The van der Waals surface area contributed by atoms with Crippen molar-refractivity contribution in [2.24, 2.45) is 0 Å². The molecule has 2 rings (SSSR count). The summed E-state index contributed by atoms with van der Waals surface area (Å²) in [5, 5.41) is 4.02. The van der Waals surface area contributed by atoms with Crippen LogP contribution in [0.2, 0.25) is 5.02 Å². The van der Waals surface area contributed by atoms with Gasteiger partial charge in [-0.2, -0.15) is 0 Å². The Kier molecular flexibility index (Phi) is 4.12. The van der Waals surface area contributed by atoms with Crippen LogP contribution in [0.1, 0.15) is 18.9 Å². The maximum absolute atomic E-state index is 6.11. The van der Waals surface area contributed by atoms with Gasteiger partial charge in [0, 0.05) is 25.1 Å². The smallest absolute Gasteiger partial charge is 0.138 e. The first-order valence-electron chi connectivity index (χ1n) is 5.64. The zero-order chi connectivity index (χ0) is 12.1. The van der Waals surface area contributed by atoms with Crippen molar-refractivity contribution >= 4 is 11.6 Å². The lowest BCUT2D eigenvalue weighted by atomic mass is 10.2. The molecule has 0 spiro atoms. The summed E-state index contributed by atoms with van der Waals surface area (Å²) in [6.45, 7) is 3.88. The summed E-state index contributed by atoms with van der Waals surface area (Å²) >= 11 is 6.11. The van der Waals surface area contributed by atoms with Crippen LogP contribution in [0.5, 0.6) is 0 Å². The Morgan fingerprint density at radius 1 is 1.47 bits per heavy atom. The van der Waals surface area contributed by atoms with Crippen LogP contribution >= 0.6 is 11.6 Å². The van der Waals surface area contributed by atoms with Crippen molar-refractivity contribution in [1.29, 1.82) is 0 Å². The number of pyridine rings is 1. The Labute approximate surface area is 106 Å². The fourth-order valence-corrected chi connectivity index (χ4v) is 1.71. The Bertz CT molecular complexity index is 467. The molecule has 2 aromatic heterocycles. The molecule has 2 heterocycles. The van der Waals surface area contributed by atoms with E-state index >= 15 is 0 Å². The number of imidazole rings is 1. The Balaban J connectivity index is 2.18. The highest BCUT2D eigenvalue weighted by molar-refractivity contribution is 6.31. The molecule has 5 heteroatoms. The van der Waals surface area contributed by atoms with Crippen molar-refractivity contribution in [2.45, 2.75) is 19.9 Å². The molecule has 0 aliphatic heterocycles. The summed E-state index contributed by atoms with van der Waals surface area (Å²) in [6, 6.07) is 1.98. The number of hydrogen-bond acceptors (Lipinski definition) is 3. The summed E-state index contributed by atoms with van der Waals surface area (Å²) in [6.07, 6.45) is 8.10. The fraction of sp³-hybridized carbons (Fsp3) is 0.333. The molecule has 0 atom stereocenters. The first-order valence-corrected chi connectivity index (χ1v) is 6.02. The highest BCUT2D eigenvalue weighted by Crippen LogP contribution is 2.17. The van der Waals surface area contributed by atoms with Crippen LogP contribution in [0, 0.1) is 0 Å². The predicted molar refractivity (Wildman–Crippen MR) is 68.4 cm³/mol. The molecule has 4 nitrogen and oxygen atoms in total. The van der Waals surface area contributed by atoms with E-state index < -0.39 is 0 Å². The number of aromatic nitrogens is 3. The second-order valence-corrected chi connectivity index (χ2v) is 4.19. The molecule has 0 bridgehead atoms. The number of rotatable bonds is 5. The molecule has 90 valence electrons. The molecule has 0 aliphatic rings. The van der Waals surface area contributed by atoms with E-state index in [0.29, 0.717) is 5.02 Å². The average Bonchev–Trinajstić information content (AvgIpc) is 2.85. The summed E-state index contributed by atoms with van der Waals surface area (Å²) in [7, 11) is 0. The fourth-order valence-electron chi connectivity index (χ4n) is 1.54. The van der Waals surface area contributed by atoms with Crippen molar-refractivity contribution < 1.29 is 0 Å². The van der Waals surface area contributed by atoms with E-state index in [2.05, 4.69) is 22.2 Å². The molecule has 0 saturated heterocycles. The van der Waals surface area contributed by atoms with E-state index in [1.54, 1.807) is 18.7 Å². The van der Waals surface area contributed by atoms with E-state index in [1.165, 1.54) is 0 Å².